The zero-order chi connectivity index (χ0) is 25.8. The second kappa shape index (κ2) is 11.2. The van der Waals surface area contributed by atoms with Crippen LogP contribution in [-0.4, -0.2) is 36.8 Å². The summed E-state index contributed by atoms with van der Waals surface area (Å²) in [6, 6.07) is 17.5. The topological polar surface area (TPSA) is 90.0 Å². The molecule has 1 saturated heterocycles. The molecule has 0 unspecified atom stereocenters. The Morgan fingerprint density at radius 3 is 2.31 bits per heavy atom. The molecule has 1 aliphatic rings. The van der Waals surface area contributed by atoms with Crippen molar-refractivity contribution < 1.29 is 28.7 Å². The van der Waals surface area contributed by atoms with Crippen LogP contribution >= 0.6 is 39.1 Å². The minimum Gasteiger partial charge on any atom is -0.457 e. The van der Waals surface area contributed by atoms with Crippen molar-refractivity contribution in [3.05, 3.63) is 92.4 Å². The predicted molar refractivity (Wildman–Crippen MR) is 138 cm³/mol. The van der Waals surface area contributed by atoms with Crippen LogP contribution in [0.5, 0.6) is 5.75 Å². The number of hydrogen-bond donors (Lipinski definition) is 0. The molecule has 3 aromatic rings. The molecule has 0 N–H and O–H groups in total. The molecule has 0 aromatic heterocycles. The zero-order valence-electron chi connectivity index (χ0n) is 18.6. The lowest BCUT2D eigenvalue weighted by atomic mass is 10.1. The fourth-order valence-electron chi connectivity index (χ4n) is 3.60. The predicted octanol–water partition coefficient (Wildman–Crippen LogP) is 5.75. The van der Waals surface area contributed by atoms with Gasteiger partial charge in [0, 0.05) is 23.0 Å². The monoisotopic (exact) mass is 589 g/mol. The van der Waals surface area contributed by atoms with E-state index in [2.05, 4.69) is 15.9 Å². The first kappa shape index (κ1) is 25.9. The summed E-state index contributed by atoms with van der Waals surface area (Å²) in [5.41, 5.74) is 1.08. The lowest BCUT2D eigenvalue weighted by Gasteiger charge is -2.18. The molecule has 1 atom stereocenters. The normalized spacial score (nSPS) is 15.0. The Labute approximate surface area is 225 Å². The van der Waals surface area contributed by atoms with Gasteiger partial charge in [-0.3, -0.25) is 14.4 Å². The number of carbonyl (C=O) groups excluding carboxylic acids is 4. The number of ketones is 1. The summed E-state index contributed by atoms with van der Waals surface area (Å²) in [6.45, 7) is -0.413. The molecule has 0 saturated carbocycles. The number of ether oxygens (including phenoxy) is 2. The lowest BCUT2D eigenvalue weighted by Crippen LogP contribution is -2.27. The van der Waals surface area contributed by atoms with E-state index in [0.717, 1.165) is 4.47 Å². The van der Waals surface area contributed by atoms with Crippen LogP contribution < -0.4 is 9.64 Å². The minimum absolute atomic E-state index is 0.0612. The molecule has 0 aliphatic carbocycles. The maximum Gasteiger partial charge on any atom is 0.343 e. The number of Topliss-reactive ketones (excluding diaryl/α,β-unsaturated/α-hetero) is 1. The largest absolute Gasteiger partial charge is 0.457 e. The number of esters is 2. The van der Waals surface area contributed by atoms with Crippen molar-refractivity contribution in [3.63, 3.8) is 0 Å². The fraction of sp³-hybridized carbons (Fsp3) is 0.154. The molecule has 4 rings (SSSR count). The highest BCUT2D eigenvalue weighted by Crippen LogP contribution is 2.36. The molecule has 3 aromatic carbocycles. The number of nitrogens with zero attached hydrogens (tertiary/aromatic N) is 1. The van der Waals surface area contributed by atoms with Gasteiger partial charge in [-0.15, -0.1) is 0 Å². The maximum atomic E-state index is 12.5. The summed E-state index contributed by atoms with van der Waals surface area (Å²) in [5.74, 6) is -2.39. The van der Waals surface area contributed by atoms with Crippen molar-refractivity contribution in [1.82, 2.24) is 0 Å². The smallest absolute Gasteiger partial charge is 0.343 e. The van der Waals surface area contributed by atoms with E-state index >= 15 is 0 Å². The molecule has 0 radical (unpaired) electrons. The highest BCUT2D eigenvalue weighted by molar-refractivity contribution is 9.10. The average Bonchev–Trinajstić information content (AvgIpc) is 3.26. The standard InChI is InChI=1S/C26H18BrCl2NO6/c27-18-8-4-16(5-9-18)26(34)36-19-10-6-15(7-11-19)22(31)14-35-25(33)17-12-23(32)30(13-17)21-3-1-2-20(28)24(21)29/h1-11,17H,12-14H2/t17-/m1/s1. The van der Waals surface area contributed by atoms with Crippen molar-refractivity contribution >= 4 is 68.4 Å². The van der Waals surface area contributed by atoms with Crippen LogP contribution in [0.25, 0.3) is 0 Å². The third kappa shape index (κ3) is 5.95. The van der Waals surface area contributed by atoms with E-state index in [9.17, 15) is 19.2 Å². The van der Waals surface area contributed by atoms with E-state index in [1.807, 2.05) is 0 Å². The molecular formula is C26H18BrCl2NO6. The van der Waals surface area contributed by atoms with Crippen LogP contribution in [0.2, 0.25) is 10.0 Å². The van der Waals surface area contributed by atoms with Gasteiger partial charge in [0.2, 0.25) is 5.91 Å². The van der Waals surface area contributed by atoms with Crippen LogP contribution in [-0.2, 0) is 14.3 Å². The zero-order valence-corrected chi connectivity index (χ0v) is 21.7. The van der Waals surface area contributed by atoms with Gasteiger partial charge in [-0.1, -0.05) is 45.2 Å². The molecule has 10 heteroatoms. The van der Waals surface area contributed by atoms with Crippen LogP contribution in [0.15, 0.2) is 71.2 Å². The highest BCUT2D eigenvalue weighted by Gasteiger charge is 2.37. The maximum absolute atomic E-state index is 12.5. The number of rotatable bonds is 7. The summed E-state index contributed by atoms with van der Waals surface area (Å²) >= 11 is 15.5. The van der Waals surface area contributed by atoms with Gasteiger partial charge in [0.25, 0.3) is 0 Å². The summed E-state index contributed by atoms with van der Waals surface area (Å²) in [5, 5.41) is 0.523. The number of halogens is 3. The Morgan fingerprint density at radius 2 is 1.61 bits per heavy atom. The molecule has 7 nitrogen and oxygen atoms in total. The first-order valence-electron chi connectivity index (χ1n) is 10.7. The van der Waals surface area contributed by atoms with E-state index in [4.69, 9.17) is 32.7 Å². The van der Waals surface area contributed by atoms with Crippen LogP contribution in [0.4, 0.5) is 5.69 Å². The average molecular weight is 591 g/mol. The second-order valence-corrected chi connectivity index (χ2v) is 9.63. The van der Waals surface area contributed by atoms with Crippen LogP contribution in [0.1, 0.15) is 27.1 Å². The van der Waals surface area contributed by atoms with Gasteiger partial charge in [0.15, 0.2) is 12.4 Å². The van der Waals surface area contributed by atoms with Gasteiger partial charge < -0.3 is 14.4 Å². The van der Waals surface area contributed by atoms with E-state index in [1.54, 1.807) is 42.5 Å². The van der Waals surface area contributed by atoms with Crippen molar-refractivity contribution in [3.8, 4) is 5.75 Å². The van der Waals surface area contributed by atoms with Crippen molar-refractivity contribution in [2.45, 2.75) is 6.42 Å². The van der Waals surface area contributed by atoms with E-state index < -0.39 is 30.2 Å². The first-order valence-corrected chi connectivity index (χ1v) is 12.3. The van der Waals surface area contributed by atoms with Gasteiger partial charge in [0.05, 0.1) is 27.2 Å². The van der Waals surface area contributed by atoms with Gasteiger partial charge in [0.1, 0.15) is 5.75 Å². The summed E-state index contributed by atoms with van der Waals surface area (Å²) < 4.78 is 11.3. The van der Waals surface area contributed by atoms with Gasteiger partial charge in [-0.25, -0.2) is 4.79 Å². The Kier molecular flexibility index (Phi) is 8.08. The van der Waals surface area contributed by atoms with Crippen molar-refractivity contribution in [1.29, 1.82) is 0 Å². The summed E-state index contributed by atoms with van der Waals surface area (Å²) in [4.78, 5) is 51.0. The number of carbonyl (C=O) groups is 4. The van der Waals surface area contributed by atoms with Gasteiger partial charge in [-0.2, -0.15) is 0 Å². The highest BCUT2D eigenvalue weighted by atomic mass is 79.9. The Hall–Kier alpha value is -3.20. The van der Waals surface area contributed by atoms with Crippen molar-refractivity contribution in [2.75, 3.05) is 18.1 Å². The molecule has 1 heterocycles. The third-order valence-corrected chi connectivity index (χ3v) is 6.83. The Morgan fingerprint density at radius 1 is 0.944 bits per heavy atom. The quantitative estimate of drug-likeness (QED) is 0.198. The fourth-order valence-corrected chi connectivity index (χ4v) is 4.26. The molecule has 1 fully saturated rings. The van der Waals surface area contributed by atoms with Crippen LogP contribution in [0.3, 0.4) is 0 Å². The summed E-state index contributed by atoms with van der Waals surface area (Å²) in [6.07, 6.45) is -0.0612. The first-order chi connectivity index (χ1) is 17.2. The summed E-state index contributed by atoms with van der Waals surface area (Å²) in [7, 11) is 0. The number of anilines is 1. The number of amides is 1. The molecule has 36 heavy (non-hydrogen) atoms. The van der Waals surface area contributed by atoms with E-state index in [-0.39, 0.29) is 35.2 Å². The van der Waals surface area contributed by atoms with E-state index in [1.165, 1.54) is 29.2 Å². The molecule has 0 bridgehead atoms. The molecule has 0 spiro atoms. The molecule has 184 valence electrons. The minimum atomic E-state index is -0.735. The van der Waals surface area contributed by atoms with Gasteiger partial charge in [-0.05, 0) is 60.7 Å². The number of hydrogen-bond acceptors (Lipinski definition) is 6. The van der Waals surface area contributed by atoms with Gasteiger partial charge >= 0.3 is 11.9 Å². The number of benzene rings is 3. The van der Waals surface area contributed by atoms with E-state index in [0.29, 0.717) is 16.3 Å². The second-order valence-electron chi connectivity index (χ2n) is 7.93. The SMILES string of the molecule is O=C(COC(=O)[C@@H]1CC(=O)N(c2cccc(Cl)c2Cl)C1)c1ccc(OC(=O)c2ccc(Br)cc2)cc1. The molecule has 1 amide bonds. The Balaban J connectivity index is 1.30. The molecular weight excluding hydrogens is 573 g/mol. The Bertz CT molecular complexity index is 1330. The van der Waals surface area contributed by atoms with Crippen LogP contribution in [0, 0.1) is 5.92 Å². The molecule has 1 aliphatic heterocycles. The van der Waals surface area contributed by atoms with Crippen molar-refractivity contribution in [2.24, 2.45) is 5.92 Å². The third-order valence-electron chi connectivity index (χ3n) is 5.49. The lowest BCUT2D eigenvalue weighted by molar-refractivity contribution is -0.147.